The number of halogens is 3. The van der Waals surface area contributed by atoms with Crippen molar-refractivity contribution in [2.75, 3.05) is 17.3 Å². The minimum absolute atomic E-state index is 0.282. The number of anilines is 1. The molecule has 1 aromatic carbocycles. The fourth-order valence-corrected chi connectivity index (χ4v) is 3.05. The van der Waals surface area contributed by atoms with Crippen LogP contribution < -0.4 is 11.1 Å². The third-order valence-corrected chi connectivity index (χ3v) is 3.92. The van der Waals surface area contributed by atoms with Crippen molar-refractivity contribution < 1.29 is 4.79 Å². The molecule has 0 aliphatic carbocycles. The van der Waals surface area contributed by atoms with E-state index < -0.39 is 6.04 Å². The van der Waals surface area contributed by atoms with Crippen molar-refractivity contribution in [1.29, 1.82) is 0 Å². The van der Waals surface area contributed by atoms with Crippen molar-refractivity contribution in [3.8, 4) is 0 Å². The van der Waals surface area contributed by atoms with Gasteiger partial charge in [-0.15, -0.1) is 0 Å². The van der Waals surface area contributed by atoms with Crippen LogP contribution in [0.4, 0.5) is 5.69 Å². The molecule has 1 amide bonds. The number of hydrogen-bond acceptors (Lipinski definition) is 3. The highest BCUT2D eigenvalue weighted by Crippen LogP contribution is 2.33. The van der Waals surface area contributed by atoms with Crippen LogP contribution in [-0.2, 0) is 4.79 Å². The van der Waals surface area contributed by atoms with Gasteiger partial charge in [-0.2, -0.15) is 11.8 Å². The van der Waals surface area contributed by atoms with Crippen LogP contribution in [0.1, 0.15) is 6.42 Å². The normalized spacial score (nSPS) is 12.3. The van der Waals surface area contributed by atoms with E-state index in [-0.39, 0.29) is 5.91 Å². The second kappa shape index (κ2) is 7.60. The SMILES string of the molecule is CSCC[C@@H](N)C(=O)Nc1c(Cl)cc(Br)cc1Cl. The second-order valence-corrected chi connectivity index (χ2v) is 6.34. The third kappa shape index (κ3) is 4.63. The van der Waals surface area contributed by atoms with Crippen LogP contribution in [0, 0.1) is 0 Å². The van der Waals surface area contributed by atoms with Gasteiger partial charge < -0.3 is 11.1 Å². The molecular weight excluding hydrogens is 359 g/mol. The first-order valence-corrected chi connectivity index (χ1v) is 8.10. The van der Waals surface area contributed by atoms with E-state index >= 15 is 0 Å². The summed E-state index contributed by atoms with van der Waals surface area (Å²) < 4.78 is 0.752. The Bertz CT molecular complexity index is 422. The maximum atomic E-state index is 11.8. The second-order valence-electron chi connectivity index (χ2n) is 3.62. The number of thioether (sulfide) groups is 1. The van der Waals surface area contributed by atoms with E-state index in [0.717, 1.165) is 10.2 Å². The van der Waals surface area contributed by atoms with Crippen LogP contribution in [0.3, 0.4) is 0 Å². The van der Waals surface area contributed by atoms with E-state index in [1.165, 1.54) is 0 Å². The molecule has 0 aliphatic rings. The number of hydrogen-bond donors (Lipinski definition) is 2. The quantitative estimate of drug-likeness (QED) is 0.828. The van der Waals surface area contributed by atoms with Gasteiger partial charge in [-0.3, -0.25) is 4.79 Å². The van der Waals surface area contributed by atoms with E-state index in [4.69, 9.17) is 28.9 Å². The molecule has 0 bridgehead atoms. The molecule has 3 N–H and O–H groups in total. The predicted octanol–water partition coefficient (Wildman–Crippen LogP) is 3.77. The van der Waals surface area contributed by atoms with Crippen molar-refractivity contribution in [3.63, 3.8) is 0 Å². The molecule has 0 unspecified atom stereocenters. The molecule has 1 rings (SSSR count). The molecule has 18 heavy (non-hydrogen) atoms. The molecule has 0 saturated heterocycles. The first-order chi connectivity index (χ1) is 8.45. The molecule has 1 atom stereocenters. The van der Waals surface area contributed by atoms with Crippen molar-refractivity contribution in [2.45, 2.75) is 12.5 Å². The summed E-state index contributed by atoms with van der Waals surface area (Å²) >= 11 is 16.9. The van der Waals surface area contributed by atoms with E-state index in [1.807, 2.05) is 6.26 Å². The van der Waals surface area contributed by atoms with Gasteiger partial charge >= 0.3 is 0 Å². The number of carbonyl (C=O) groups is 1. The fraction of sp³-hybridized carbons (Fsp3) is 0.364. The summed E-state index contributed by atoms with van der Waals surface area (Å²) in [5.74, 6) is 0.548. The van der Waals surface area contributed by atoms with Crippen LogP contribution in [0.15, 0.2) is 16.6 Å². The summed E-state index contributed by atoms with van der Waals surface area (Å²) in [4.78, 5) is 11.8. The van der Waals surface area contributed by atoms with Gasteiger partial charge in [0.25, 0.3) is 0 Å². The van der Waals surface area contributed by atoms with Crippen LogP contribution in [0.25, 0.3) is 0 Å². The van der Waals surface area contributed by atoms with Gasteiger partial charge in [0, 0.05) is 4.47 Å². The summed E-state index contributed by atoms with van der Waals surface area (Å²) in [6.45, 7) is 0. The number of benzene rings is 1. The van der Waals surface area contributed by atoms with Crippen molar-refractivity contribution in [2.24, 2.45) is 5.73 Å². The van der Waals surface area contributed by atoms with Crippen LogP contribution in [0.5, 0.6) is 0 Å². The maximum absolute atomic E-state index is 11.8. The smallest absolute Gasteiger partial charge is 0.241 e. The molecule has 7 heteroatoms. The maximum Gasteiger partial charge on any atom is 0.241 e. The summed E-state index contributed by atoms with van der Waals surface area (Å²) in [5.41, 5.74) is 6.15. The average Bonchev–Trinajstić information content (AvgIpc) is 2.30. The molecule has 1 aromatic rings. The lowest BCUT2D eigenvalue weighted by molar-refractivity contribution is -0.117. The minimum Gasteiger partial charge on any atom is -0.322 e. The summed E-state index contributed by atoms with van der Waals surface area (Å²) in [6.07, 6.45) is 2.58. The molecule has 0 radical (unpaired) electrons. The molecule has 100 valence electrons. The highest BCUT2D eigenvalue weighted by Gasteiger charge is 2.16. The van der Waals surface area contributed by atoms with Crippen molar-refractivity contribution in [3.05, 3.63) is 26.7 Å². The van der Waals surface area contributed by atoms with Crippen molar-refractivity contribution in [1.82, 2.24) is 0 Å². The van der Waals surface area contributed by atoms with Gasteiger partial charge in [0.1, 0.15) is 0 Å². The Hall–Kier alpha value is 0.0600. The van der Waals surface area contributed by atoms with E-state index in [1.54, 1.807) is 23.9 Å². The number of rotatable bonds is 5. The molecule has 0 spiro atoms. The summed E-state index contributed by atoms with van der Waals surface area (Å²) in [5, 5.41) is 3.41. The van der Waals surface area contributed by atoms with Gasteiger partial charge in [-0.1, -0.05) is 39.1 Å². The molecule has 0 aromatic heterocycles. The third-order valence-electron chi connectivity index (χ3n) is 2.22. The molecule has 0 aliphatic heterocycles. The summed E-state index contributed by atoms with van der Waals surface area (Å²) in [6, 6.07) is 2.76. The highest BCUT2D eigenvalue weighted by molar-refractivity contribution is 9.10. The first-order valence-electron chi connectivity index (χ1n) is 5.15. The Kier molecular flexibility index (Phi) is 6.81. The van der Waals surface area contributed by atoms with E-state index in [9.17, 15) is 4.79 Å². The highest BCUT2D eigenvalue weighted by atomic mass is 79.9. The standard InChI is InChI=1S/C11H13BrCl2N2OS/c1-18-3-2-9(15)11(17)16-10-7(13)4-6(12)5-8(10)14/h4-5,9H,2-3,15H2,1H3,(H,16,17)/t9-/m1/s1. The largest absolute Gasteiger partial charge is 0.322 e. The lowest BCUT2D eigenvalue weighted by Gasteiger charge is -2.14. The van der Waals surface area contributed by atoms with E-state index in [0.29, 0.717) is 22.2 Å². The van der Waals surface area contributed by atoms with Gasteiger partial charge in [0.2, 0.25) is 5.91 Å². The zero-order chi connectivity index (χ0) is 13.7. The zero-order valence-corrected chi connectivity index (χ0v) is 13.6. The van der Waals surface area contributed by atoms with Gasteiger partial charge in [-0.05, 0) is 30.6 Å². The van der Waals surface area contributed by atoms with Gasteiger partial charge in [0.15, 0.2) is 0 Å². The Balaban J connectivity index is 2.76. The fourth-order valence-electron chi connectivity index (χ4n) is 1.25. The van der Waals surface area contributed by atoms with Crippen LogP contribution >= 0.6 is 50.9 Å². The van der Waals surface area contributed by atoms with Gasteiger partial charge in [-0.25, -0.2) is 0 Å². The Morgan fingerprint density at radius 3 is 2.56 bits per heavy atom. The Morgan fingerprint density at radius 2 is 2.06 bits per heavy atom. The monoisotopic (exact) mass is 370 g/mol. The molecule has 0 heterocycles. The average molecular weight is 372 g/mol. The van der Waals surface area contributed by atoms with Crippen LogP contribution in [0.2, 0.25) is 10.0 Å². The van der Waals surface area contributed by atoms with E-state index in [2.05, 4.69) is 21.2 Å². The molecule has 0 saturated carbocycles. The summed E-state index contributed by atoms with van der Waals surface area (Å²) in [7, 11) is 0. The number of amides is 1. The number of carbonyl (C=O) groups excluding carboxylic acids is 1. The van der Waals surface area contributed by atoms with Crippen molar-refractivity contribution >= 4 is 62.5 Å². The first kappa shape index (κ1) is 16.1. The zero-order valence-electron chi connectivity index (χ0n) is 9.67. The Morgan fingerprint density at radius 1 is 1.50 bits per heavy atom. The lowest BCUT2D eigenvalue weighted by Crippen LogP contribution is -2.36. The lowest BCUT2D eigenvalue weighted by atomic mass is 10.2. The molecular formula is C11H13BrCl2N2OS. The number of nitrogens with two attached hydrogens (primary N) is 1. The molecule has 3 nitrogen and oxygen atoms in total. The number of nitrogens with one attached hydrogen (secondary N) is 1. The van der Waals surface area contributed by atoms with Crippen LogP contribution in [-0.4, -0.2) is 24.0 Å². The van der Waals surface area contributed by atoms with Gasteiger partial charge in [0.05, 0.1) is 21.8 Å². The predicted molar refractivity (Wildman–Crippen MR) is 83.8 cm³/mol. The Labute approximate surface area is 129 Å². The topological polar surface area (TPSA) is 55.1 Å². The minimum atomic E-state index is -0.562. The molecule has 0 fully saturated rings.